The molecule has 1 aromatic carbocycles. The van der Waals surface area contributed by atoms with E-state index in [1.54, 1.807) is 0 Å². The lowest BCUT2D eigenvalue weighted by molar-refractivity contribution is -0.0605. The van der Waals surface area contributed by atoms with Gasteiger partial charge in [-0.25, -0.2) is 4.39 Å². The van der Waals surface area contributed by atoms with Crippen LogP contribution in [0.1, 0.15) is 25.5 Å². The van der Waals surface area contributed by atoms with Gasteiger partial charge in [-0.1, -0.05) is 12.1 Å². The normalized spacial score (nSPS) is 26.3. The molecular weight excluding hydrogens is 357 g/mol. The quantitative estimate of drug-likeness (QED) is 0.626. The van der Waals surface area contributed by atoms with Crippen LogP contribution in [0.4, 0.5) is 4.39 Å². The summed E-state index contributed by atoms with van der Waals surface area (Å²) in [4.78, 5) is 11.7. The molecule has 1 aromatic rings. The molecule has 0 aromatic heterocycles. The van der Waals surface area contributed by atoms with Crippen LogP contribution in [-0.4, -0.2) is 92.7 Å². The monoisotopic (exact) mass is 391 g/mol. The van der Waals surface area contributed by atoms with Crippen LogP contribution < -0.4 is 5.32 Å². The predicted molar refractivity (Wildman–Crippen MR) is 111 cm³/mol. The lowest BCUT2D eigenvalue weighted by atomic mass is 10.1. The average Bonchev–Trinajstić information content (AvgIpc) is 2.69. The second-order valence-corrected chi connectivity index (χ2v) is 8.01. The Morgan fingerprint density at radius 3 is 2.54 bits per heavy atom. The van der Waals surface area contributed by atoms with Gasteiger partial charge in [-0.05, 0) is 38.6 Å². The first-order valence-corrected chi connectivity index (χ1v) is 10.3. The summed E-state index contributed by atoms with van der Waals surface area (Å²) in [7, 11) is 4.01. The zero-order valence-corrected chi connectivity index (χ0v) is 17.6. The molecule has 0 saturated carbocycles. The van der Waals surface area contributed by atoms with Crippen LogP contribution >= 0.6 is 0 Å². The second kappa shape index (κ2) is 9.67. The number of rotatable bonds is 4. The first kappa shape index (κ1) is 21.0. The lowest BCUT2D eigenvalue weighted by Crippen LogP contribution is -2.55. The molecule has 3 rings (SSSR count). The molecular formula is C21H34FN5O. The first-order chi connectivity index (χ1) is 13.5. The number of morpholine rings is 1. The first-order valence-electron chi connectivity index (χ1n) is 10.3. The van der Waals surface area contributed by atoms with Crippen LogP contribution in [0.15, 0.2) is 29.3 Å². The molecule has 0 spiro atoms. The molecule has 0 radical (unpaired) electrons. The van der Waals surface area contributed by atoms with Gasteiger partial charge in [-0.2, -0.15) is 0 Å². The molecule has 3 unspecified atom stereocenters. The number of hydrogen-bond donors (Lipinski definition) is 1. The molecule has 7 heteroatoms. The Labute approximate surface area is 168 Å². The van der Waals surface area contributed by atoms with E-state index < -0.39 is 0 Å². The summed E-state index contributed by atoms with van der Waals surface area (Å²) in [6.07, 6.45) is -0.00429. The fraction of sp³-hybridized carbons (Fsp3) is 0.667. The highest BCUT2D eigenvalue weighted by atomic mass is 19.1. The molecule has 28 heavy (non-hydrogen) atoms. The molecule has 0 bridgehead atoms. The van der Waals surface area contributed by atoms with Crippen molar-refractivity contribution in [2.45, 2.75) is 32.1 Å². The topological polar surface area (TPSA) is 43.3 Å². The van der Waals surface area contributed by atoms with Crippen LogP contribution in [0.2, 0.25) is 0 Å². The molecule has 2 aliphatic rings. The number of hydrogen-bond acceptors (Lipinski definition) is 4. The molecule has 0 amide bonds. The van der Waals surface area contributed by atoms with Crippen molar-refractivity contribution >= 4 is 5.96 Å². The van der Waals surface area contributed by atoms with E-state index in [1.807, 2.05) is 19.2 Å². The van der Waals surface area contributed by atoms with E-state index in [9.17, 15) is 4.39 Å². The number of guanidine groups is 1. The van der Waals surface area contributed by atoms with Gasteiger partial charge in [0.2, 0.25) is 0 Å². The van der Waals surface area contributed by atoms with Crippen molar-refractivity contribution < 1.29 is 9.13 Å². The summed E-state index contributed by atoms with van der Waals surface area (Å²) in [6, 6.07) is 7.06. The lowest BCUT2D eigenvalue weighted by Gasteiger charge is -2.40. The van der Waals surface area contributed by atoms with E-state index in [-0.39, 0.29) is 18.0 Å². The molecule has 2 fully saturated rings. The minimum absolute atomic E-state index is 0.0809. The van der Waals surface area contributed by atoms with Gasteiger partial charge < -0.3 is 19.9 Å². The highest BCUT2D eigenvalue weighted by Gasteiger charge is 2.29. The number of aliphatic imine (C=N–C) groups is 1. The average molecular weight is 392 g/mol. The van der Waals surface area contributed by atoms with E-state index in [0.717, 1.165) is 50.8 Å². The van der Waals surface area contributed by atoms with Crippen molar-refractivity contribution in [3.05, 3.63) is 35.6 Å². The summed E-state index contributed by atoms with van der Waals surface area (Å²) >= 11 is 0. The predicted octanol–water partition coefficient (Wildman–Crippen LogP) is 1.80. The largest absolute Gasteiger partial charge is 0.367 e. The maximum Gasteiger partial charge on any atom is 0.193 e. The highest BCUT2D eigenvalue weighted by Crippen LogP contribution is 2.25. The Bertz CT molecular complexity index is 645. The van der Waals surface area contributed by atoms with Crippen LogP contribution in [0.3, 0.4) is 0 Å². The molecule has 2 heterocycles. The molecule has 2 saturated heterocycles. The van der Waals surface area contributed by atoms with Gasteiger partial charge in [0, 0.05) is 52.4 Å². The fourth-order valence-electron chi connectivity index (χ4n) is 3.95. The Morgan fingerprint density at radius 1 is 1.21 bits per heavy atom. The maximum atomic E-state index is 13.3. The third-order valence-corrected chi connectivity index (χ3v) is 5.73. The van der Waals surface area contributed by atoms with Crippen LogP contribution in [0.5, 0.6) is 0 Å². The minimum atomic E-state index is -0.222. The second-order valence-electron chi connectivity index (χ2n) is 8.01. The maximum absolute atomic E-state index is 13.3. The van der Waals surface area contributed by atoms with Gasteiger partial charge in [0.05, 0.1) is 12.6 Å². The number of ether oxygens (including phenoxy) is 1. The van der Waals surface area contributed by atoms with Crippen molar-refractivity contribution in [1.82, 2.24) is 20.0 Å². The summed E-state index contributed by atoms with van der Waals surface area (Å²) in [5, 5.41) is 3.55. The van der Waals surface area contributed by atoms with Gasteiger partial charge in [-0.3, -0.25) is 9.89 Å². The number of nitrogens with zero attached hydrogens (tertiary/aromatic N) is 4. The molecule has 6 nitrogen and oxygen atoms in total. The van der Waals surface area contributed by atoms with E-state index >= 15 is 0 Å². The minimum Gasteiger partial charge on any atom is -0.367 e. The van der Waals surface area contributed by atoms with Gasteiger partial charge in [0.15, 0.2) is 5.96 Å². The number of nitrogens with one attached hydrogen (secondary N) is 1. The fourth-order valence-corrected chi connectivity index (χ4v) is 3.95. The zero-order valence-electron chi connectivity index (χ0n) is 17.6. The number of piperazine rings is 1. The van der Waals surface area contributed by atoms with Crippen molar-refractivity contribution in [1.29, 1.82) is 0 Å². The molecule has 156 valence electrons. The van der Waals surface area contributed by atoms with E-state index in [0.29, 0.717) is 12.6 Å². The van der Waals surface area contributed by atoms with Crippen LogP contribution in [-0.2, 0) is 4.74 Å². The summed E-state index contributed by atoms with van der Waals surface area (Å²) < 4.78 is 19.4. The van der Waals surface area contributed by atoms with Crippen LogP contribution in [0.25, 0.3) is 0 Å². The van der Waals surface area contributed by atoms with Crippen molar-refractivity contribution in [3.8, 4) is 0 Å². The molecule has 3 atom stereocenters. The summed E-state index contributed by atoms with van der Waals surface area (Å²) in [5.41, 5.74) is 0.999. The van der Waals surface area contributed by atoms with Crippen molar-refractivity contribution in [3.63, 3.8) is 0 Å². The zero-order chi connectivity index (χ0) is 20.1. The Balaban J connectivity index is 1.57. The third-order valence-electron chi connectivity index (χ3n) is 5.73. The van der Waals surface area contributed by atoms with E-state index in [4.69, 9.17) is 4.74 Å². The Morgan fingerprint density at radius 2 is 1.89 bits per heavy atom. The van der Waals surface area contributed by atoms with Crippen LogP contribution in [0, 0.1) is 5.82 Å². The number of halogens is 1. The van der Waals surface area contributed by atoms with Gasteiger partial charge in [0.25, 0.3) is 0 Å². The molecule has 2 aliphatic heterocycles. The van der Waals surface area contributed by atoms with Crippen molar-refractivity contribution in [2.75, 3.05) is 59.9 Å². The molecule has 1 N–H and O–H groups in total. The van der Waals surface area contributed by atoms with E-state index in [2.05, 4.69) is 45.9 Å². The third kappa shape index (κ3) is 5.43. The van der Waals surface area contributed by atoms with E-state index in [1.165, 1.54) is 12.1 Å². The standard InChI is InChI=1S/C21H34FN5O/c1-16(26-11-9-25(4)10-12-26)13-24-21(23-3)27-14-17(2)28-20(15-27)18-5-7-19(22)8-6-18/h5-8,16-17,20H,9-15H2,1-4H3,(H,23,24). The summed E-state index contributed by atoms with van der Waals surface area (Å²) in [6.45, 7) is 11.2. The number of benzene rings is 1. The highest BCUT2D eigenvalue weighted by molar-refractivity contribution is 5.80. The van der Waals surface area contributed by atoms with Crippen molar-refractivity contribution in [2.24, 2.45) is 4.99 Å². The van der Waals surface area contributed by atoms with Gasteiger partial charge >= 0.3 is 0 Å². The Hall–Kier alpha value is -1.70. The molecule has 0 aliphatic carbocycles. The van der Waals surface area contributed by atoms with Gasteiger partial charge in [-0.15, -0.1) is 0 Å². The Kier molecular flexibility index (Phi) is 7.26. The number of likely N-dealkylation sites (N-methyl/N-ethyl adjacent to an activating group) is 1. The smallest absolute Gasteiger partial charge is 0.193 e. The van der Waals surface area contributed by atoms with Gasteiger partial charge in [0.1, 0.15) is 11.9 Å². The summed E-state index contributed by atoms with van der Waals surface area (Å²) in [5.74, 6) is 0.683. The SMILES string of the molecule is CN=C(NCC(C)N1CCN(C)CC1)N1CC(C)OC(c2ccc(F)cc2)C1.